The highest BCUT2D eigenvalue weighted by atomic mass is 35.5. The molecule has 3 rings (SSSR count). The molecule has 1 aromatic carbocycles. The van der Waals surface area contributed by atoms with Crippen molar-refractivity contribution in [3.8, 4) is 0 Å². The molecular formula is C16H18ClFO. The summed E-state index contributed by atoms with van der Waals surface area (Å²) in [6.07, 6.45) is 3.07. The predicted molar refractivity (Wildman–Crippen MR) is 74.2 cm³/mol. The molecular weight excluding hydrogens is 263 g/mol. The lowest BCUT2D eigenvalue weighted by Crippen LogP contribution is -2.44. The number of hydrogen-bond donors (Lipinski definition) is 0. The summed E-state index contributed by atoms with van der Waals surface area (Å²) in [4.78, 5) is 12.7. The van der Waals surface area contributed by atoms with Crippen LogP contribution in [0.2, 0.25) is 5.02 Å². The quantitative estimate of drug-likeness (QED) is 0.670. The van der Waals surface area contributed by atoms with Crippen LogP contribution in [0.3, 0.4) is 0 Å². The Hall–Kier alpha value is -0.890. The zero-order chi connectivity index (χ0) is 14.0. The van der Waals surface area contributed by atoms with Gasteiger partial charge in [-0.3, -0.25) is 4.79 Å². The van der Waals surface area contributed by atoms with Crippen molar-refractivity contribution >= 4 is 17.4 Å². The Morgan fingerprint density at radius 2 is 1.95 bits per heavy atom. The SMILES string of the molecule is CC1(C)CCC[C@@]2(C)c3cc(F)c(Cl)cc3C(=O)[C@@H]12. The van der Waals surface area contributed by atoms with Gasteiger partial charge in [-0.25, -0.2) is 4.39 Å². The number of hydrogen-bond acceptors (Lipinski definition) is 1. The molecule has 1 nitrogen and oxygen atoms in total. The maximum atomic E-state index is 13.8. The van der Waals surface area contributed by atoms with Crippen LogP contribution >= 0.6 is 11.6 Å². The van der Waals surface area contributed by atoms with E-state index in [1.807, 2.05) is 0 Å². The van der Waals surface area contributed by atoms with E-state index >= 15 is 0 Å². The Bertz CT molecular complexity index is 578. The molecule has 0 heterocycles. The van der Waals surface area contributed by atoms with Crippen LogP contribution in [-0.4, -0.2) is 5.78 Å². The summed E-state index contributed by atoms with van der Waals surface area (Å²) in [5.74, 6) is -0.329. The highest BCUT2D eigenvalue weighted by Crippen LogP contribution is 2.58. The smallest absolute Gasteiger partial charge is 0.167 e. The van der Waals surface area contributed by atoms with Gasteiger partial charge in [0.25, 0.3) is 0 Å². The molecule has 102 valence electrons. The largest absolute Gasteiger partial charge is 0.294 e. The number of fused-ring (bicyclic) bond motifs is 3. The summed E-state index contributed by atoms with van der Waals surface area (Å²) >= 11 is 5.84. The van der Waals surface area contributed by atoms with Crippen molar-refractivity contribution in [2.75, 3.05) is 0 Å². The molecule has 19 heavy (non-hydrogen) atoms. The molecule has 0 unspecified atom stereocenters. The summed E-state index contributed by atoms with van der Waals surface area (Å²) in [6.45, 7) is 6.41. The van der Waals surface area contributed by atoms with E-state index in [0.29, 0.717) is 5.56 Å². The van der Waals surface area contributed by atoms with E-state index in [1.54, 1.807) is 0 Å². The Morgan fingerprint density at radius 3 is 2.63 bits per heavy atom. The van der Waals surface area contributed by atoms with Crippen LogP contribution in [-0.2, 0) is 5.41 Å². The molecule has 3 heteroatoms. The van der Waals surface area contributed by atoms with Crippen LogP contribution < -0.4 is 0 Å². The van der Waals surface area contributed by atoms with Gasteiger partial charge in [-0.05, 0) is 36.0 Å². The van der Waals surface area contributed by atoms with Crippen LogP contribution in [0.4, 0.5) is 4.39 Å². The van der Waals surface area contributed by atoms with E-state index in [4.69, 9.17) is 11.6 Å². The molecule has 1 fully saturated rings. The number of carbonyl (C=O) groups is 1. The second-order valence-electron chi connectivity index (χ2n) is 6.87. The van der Waals surface area contributed by atoms with Crippen molar-refractivity contribution < 1.29 is 9.18 Å². The summed E-state index contributed by atoms with van der Waals surface area (Å²) in [7, 11) is 0. The molecule has 0 aliphatic heterocycles. The van der Waals surface area contributed by atoms with E-state index in [2.05, 4.69) is 20.8 Å². The molecule has 2 aliphatic carbocycles. The molecule has 1 aromatic rings. The molecule has 0 spiro atoms. The van der Waals surface area contributed by atoms with Crippen LogP contribution in [0.5, 0.6) is 0 Å². The van der Waals surface area contributed by atoms with Crippen molar-refractivity contribution in [3.05, 3.63) is 34.1 Å². The predicted octanol–water partition coefficient (Wildman–Crippen LogP) is 4.76. The minimum absolute atomic E-state index is 0.0357. The molecule has 1 saturated carbocycles. The molecule has 0 N–H and O–H groups in total. The molecule has 0 radical (unpaired) electrons. The van der Waals surface area contributed by atoms with E-state index in [-0.39, 0.29) is 27.6 Å². The molecule has 0 aromatic heterocycles. The molecule has 2 atom stereocenters. The average Bonchev–Trinajstić information content (AvgIpc) is 2.50. The minimum Gasteiger partial charge on any atom is -0.294 e. The third-order valence-electron chi connectivity index (χ3n) is 5.14. The summed E-state index contributed by atoms with van der Waals surface area (Å²) in [6, 6.07) is 3.01. The number of carbonyl (C=O) groups excluding carboxylic acids is 1. The lowest BCUT2D eigenvalue weighted by Gasteiger charge is -2.46. The minimum atomic E-state index is -0.418. The zero-order valence-corrected chi connectivity index (χ0v) is 12.3. The molecule has 0 saturated heterocycles. The van der Waals surface area contributed by atoms with Crippen molar-refractivity contribution in [1.29, 1.82) is 0 Å². The number of rotatable bonds is 0. The second kappa shape index (κ2) is 3.82. The number of ketones is 1. The van der Waals surface area contributed by atoms with Gasteiger partial charge in [0.15, 0.2) is 5.78 Å². The fourth-order valence-electron chi connectivity index (χ4n) is 4.38. The first kappa shape index (κ1) is 13.1. The fraction of sp³-hybridized carbons (Fsp3) is 0.562. The van der Waals surface area contributed by atoms with E-state index in [0.717, 1.165) is 24.8 Å². The first-order valence-corrected chi connectivity index (χ1v) is 7.19. The Morgan fingerprint density at radius 1 is 1.26 bits per heavy atom. The standard InChI is InChI=1S/C16H18ClFO/c1-15(2)5-4-6-16(3)10-8-12(18)11(17)7-9(10)13(19)14(15)16/h7-8,14H,4-6H2,1-3H3/t14-,16-/m0/s1. The van der Waals surface area contributed by atoms with Crippen molar-refractivity contribution in [1.82, 2.24) is 0 Å². The van der Waals surface area contributed by atoms with Crippen LogP contribution in [0.25, 0.3) is 0 Å². The lowest BCUT2D eigenvalue weighted by atomic mass is 9.56. The number of halogens is 2. The Balaban J connectivity index is 2.25. The van der Waals surface area contributed by atoms with Crippen LogP contribution in [0.1, 0.15) is 56.0 Å². The fourth-order valence-corrected chi connectivity index (χ4v) is 4.54. The summed E-state index contributed by atoms with van der Waals surface area (Å²) in [5, 5.41) is 0.0483. The van der Waals surface area contributed by atoms with Crippen molar-refractivity contribution in [2.24, 2.45) is 11.3 Å². The monoisotopic (exact) mass is 280 g/mol. The van der Waals surface area contributed by atoms with E-state index < -0.39 is 5.82 Å². The van der Waals surface area contributed by atoms with Gasteiger partial charge in [0.1, 0.15) is 5.82 Å². The maximum absolute atomic E-state index is 13.8. The third kappa shape index (κ3) is 1.62. The lowest BCUT2D eigenvalue weighted by molar-refractivity contribution is 0.0500. The molecule has 2 aliphatic rings. The van der Waals surface area contributed by atoms with Gasteiger partial charge in [-0.15, -0.1) is 0 Å². The van der Waals surface area contributed by atoms with Gasteiger partial charge in [-0.2, -0.15) is 0 Å². The first-order chi connectivity index (χ1) is 8.77. The van der Waals surface area contributed by atoms with Crippen molar-refractivity contribution in [3.63, 3.8) is 0 Å². The van der Waals surface area contributed by atoms with E-state index in [9.17, 15) is 9.18 Å². The molecule has 0 bridgehead atoms. The van der Waals surface area contributed by atoms with Gasteiger partial charge in [-0.1, -0.05) is 38.8 Å². The Labute approximate surface area is 118 Å². The second-order valence-corrected chi connectivity index (χ2v) is 7.28. The Kier molecular flexibility index (Phi) is 2.63. The third-order valence-corrected chi connectivity index (χ3v) is 5.43. The highest BCUT2D eigenvalue weighted by Gasteiger charge is 2.56. The maximum Gasteiger partial charge on any atom is 0.167 e. The molecule has 0 amide bonds. The average molecular weight is 281 g/mol. The zero-order valence-electron chi connectivity index (χ0n) is 11.5. The summed E-state index contributed by atoms with van der Waals surface area (Å²) in [5.41, 5.74) is 1.22. The highest BCUT2D eigenvalue weighted by molar-refractivity contribution is 6.31. The van der Waals surface area contributed by atoms with Gasteiger partial charge >= 0.3 is 0 Å². The topological polar surface area (TPSA) is 17.1 Å². The normalized spacial score (nSPS) is 32.1. The number of Topliss-reactive ketones (excluding diaryl/α,β-unsaturated/α-hetero) is 1. The van der Waals surface area contributed by atoms with Crippen LogP contribution in [0, 0.1) is 17.2 Å². The van der Waals surface area contributed by atoms with Gasteiger partial charge in [0.2, 0.25) is 0 Å². The number of benzene rings is 1. The van der Waals surface area contributed by atoms with Crippen LogP contribution in [0.15, 0.2) is 12.1 Å². The van der Waals surface area contributed by atoms with Gasteiger partial charge < -0.3 is 0 Å². The summed E-state index contributed by atoms with van der Waals surface area (Å²) < 4.78 is 13.8. The first-order valence-electron chi connectivity index (χ1n) is 6.81. The van der Waals surface area contributed by atoms with Gasteiger partial charge in [0.05, 0.1) is 5.02 Å². The van der Waals surface area contributed by atoms with Crippen molar-refractivity contribution in [2.45, 2.75) is 45.4 Å². The van der Waals surface area contributed by atoms with Gasteiger partial charge in [0, 0.05) is 16.9 Å². The van der Waals surface area contributed by atoms with E-state index in [1.165, 1.54) is 12.1 Å².